The van der Waals surface area contributed by atoms with Crippen LogP contribution in [0, 0.1) is 5.92 Å². The first-order chi connectivity index (χ1) is 14.6. The lowest BCUT2D eigenvalue weighted by molar-refractivity contribution is -0.133. The predicted octanol–water partition coefficient (Wildman–Crippen LogP) is 2.18. The Morgan fingerprint density at radius 3 is 2.77 bits per heavy atom. The SMILES string of the molecule is COc1ccncc1CNc1ccc(C(=O)N2CC[C@H](N(C)C(=O)C3CC3)C2)cn1. The number of amides is 2. The molecule has 0 radical (unpaired) electrons. The van der Waals surface area contributed by atoms with E-state index in [1.54, 1.807) is 37.8 Å². The van der Waals surface area contributed by atoms with Crippen LogP contribution < -0.4 is 10.1 Å². The molecule has 1 saturated carbocycles. The molecule has 0 bridgehead atoms. The molecule has 1 N–H and O–H groups in total. The van der Waals surface area contributed by atoms with Crippen molar-refractivity contribution >= 4 is 17.6 Å². The third kappa shape index (κ3) is 4.37. The summed E-state index contributed by atoms with van der Waals surface area (Å²) in [6.45, 7) is 1.76. The van der Waals surface area contributed by atoms with Crippen molar-refractivity contribution in [3.05, 3.63) is 47.9 Å². The second kappa shape index (κ2) is 8.69. The number of carbonyl (C=O) groups is 2. The van der Waals surface area contributed by atoms with Crippen LogP contribution in [0.2, 0.25) is 0 Å². The number of likely N-dealkylation sites (tertiary alicyclic amines) is 1. The number of ether oxygens (including phenoxy) is 1. The van der Waals surface area contributed by atoms with Gasteiger partial charge in [-0.05, 0) is 37.5 Å². The van der Waals surface area contributed by atoms with Crippen molar-refractivity contribution in [1.82, 2.24) is 19.8 Å². The van der Waals surface area contributed by atoms with Crippen molar-refractivity contribution < 1.29 is 14.3 Å². The average Bonchev–Trinajstić information content (AvgIpc) is 3.53. The Hall–Kier alpha value is -3.16. The van der Waals surface area contributed by atoms with Gasteiger partial charge >= 0.3 is 0 Å². The molecule has 2 aliphatic rings. The number of likely N-dealkylation sites (N-methyl/N-ethyl adjacent to an activating group) is 1. The van der Waals surface area contributed by atoms with Crippen LogP contribution >= 0.6 is 0 Å². The summed E-state index contributed by atoms with van der Waals surface area (Å²) in [6.07, 6.45) is 7.84. The summed E-state index contributed by atoms with van der Waals surface area (Å²) in [4.78, 5) is 37.3. The maximum Gasteiger partial charge on any atom is 0.255 e. The van der Waals surface area contributed by atoms with E-state index in [-0.39, 0.29) is 23.8 Å². The van der Waals surface area contributed by atoms with Crippen molar-refractivity contribution in [2.45, 2.75) is 31.8 Å². The minimum atomic E-state index is -0.0438. The van der Waals surface area contributed by atoms with Crippen LogP contribution in [0.4, 0.5) is 5.82 Å². The van der Waals surface area contributed by atoms with E-state index in [2.05, 4.69) is 15.3 Å². The van der Waals surface area contributed by atoms with Crippen LogP contribution in [-0.4, -0.2) is 64.9 Å². The zero-order chi connectivity index (χ0) is 21.1. The Morgan fingerprint density at radius 1 is 1.23 bits per heavy atom. The first-order valence-corrected chi connectivity index (χ1v) is 10.3. The van der Waals surface area contributed by atoms with Crippen molar-refractivity contribution in [2.24, 2.45) is 5.92 Å². The van der Waals surface area contributed by atoms with Crippen LogP contribution in [0.25, 0.3) is 0 Å². The molecule has 1 atom stereocenters. The van der Waals surface area contributed by atoms with Crippen LogP contribution in [0.3, 0.4) is 0 Å². The first-order valence-electron chi connectivity index (χ1n) is 10.3. The van der Waals surface area contributed by atoms with E-state index in [0.29, 0.717) is 31.0 Å². The first kappa shape index (κ1) is 20.1. The third-order valence-corrected chi connectivity index (χ3v) is 5.82. The van der Waals surface area contributed by atoms with E-state index in [4.69, 9.17) is 4.74 Å². The van der Waals surface area contributed by atoms with Crippen LogP contribution in [0.5, 0.6) is 5.75 Å². The van der Waals surface area contributed by atoms with Crippen molar-refractivity contribution in [3.8, 4) is 5.75 Å². The number of pyridine rings is 2. The Balaban J connectivity index is 1.32. The highest BCUT2D eigenvalue weighted by Crippen LogP contribution is 2.32. The summed E-state index contributed by atoms with van der Waals surface area (Å²) in [5.41, 5.74) is 1.48. The second-order valence-corrected chi connectivity index (χ2v) is 7.89. The van der Waals surface area contributed by atoms with Gasteiger partial charge in [0.05, 0.1) is 18.7 Å². The van der Waals surface area contributed by atoms with E-state index < -0.39 is 0 Å². The maximum atomic E-state index is 12.8. The number of hydrogen-bond donors (Lipinski definition) is 1. The van der Waals surface area contributed by atoms with E-state index in [1.807, 2.05) is 22.9 Å². The zero-order valence-electron chi connectivity index (χ0n) is 17.4. The smallest absolute Gasteiger partial charge is 0.255 e. The van der Waals surface area contributed by atoms with E-state index >= 15 is 0 Å². The maximum absolute atomic E-state index is 12.8. The normalized spacial score (nSPS) is 18.2. The van der Waals surface area contributed by atoms with Crippen LogP contribution in [0.15, 0.2) is 36.8 Å². The molecule has 2 amide bonds. The molecular weight excluding hydrogens is 382 g/mol. The molecular formula is C22H27N5O3. The number of anilines is 1. The highest BCUT2D eigenvalue weighted by molar-refractivity contribution is 5.94. The molecule has 0 spiro atoms. The van der Waals surface area contributed by atoms with Crippen LogP contribution in [-0.2, 0) is 11.3 Å². The molecule has 8 heteroatoms. The van der Waals surface area contributed by atoms with Crippen molar-refractivity contribution in [1.29, 1.82) is 0 Å². The lowest BCUT2D eigenvalue weighted by Crippen LogP contribution is -2.40. The molecule has 2 aromatic rings. The van der Waals surface area contributed by atoms with E-state index in [1.165, 1.54) is 0 Å². The lowest BCUT2D eigenvalue weighted by atomic mass is 10.2. The number of rotatable bonds is 7. The number of aromatic nitrogens is 2. The molecule has 1 aliphatic heterocycles. The summed E-state index contributed by atoms with van der Waals surface area (Å²) in [5.74, 6) is 1.81. The second-order valence-electron chi connectivity index (χ2n) is 7.89. The molecule has 1 saturated heterocycles. The summed E-state index contributed by atoms with van der Waals surface area (Å²) in [6, 6.07) is 5.49. The third-order valence-electron chi connectivity index (χ3n) is 5.82. The monoisotopic (exact) mass is 409 g/mol. The summed E-state index contributed by atoms with van der Waals surface area (Å²) >= 11 is 0. The Morgan fingerprint density at radius 2 is 2.07 bits per heavy atom. The molecule has 2 fully saturated rings. The Bertz CT molecular complexity index is 913. The van der Waals surface area contributed by atoms with Gasteiger partial charge in [-0.15, -0.1) is 0 Å². The molecule has 8 nitrogen and oxygen atoms in total. The van der Waals surface area contributed by atoms with Gasteiger partial charge in [0.25, 0.3) is 5.91 Å². The molecule has 4 rings (SSSR count). The summed E-state index contributed by atoms with van der Waals surface area (Å²) in [7, 11) is 3.48. The molecule has 158 valence electrons. The highest BCUT2D eigenvalue weighted by atomic mass is 16.5. The fourth-order valence-corrected chi connectivity index (χ4v) is 3.78. The van der Waals surface area contributed by atoms with E-state index in [0.717, 1.165) is 30.6 Å². The minimum absolute atomic E-state index is 0.0438. The molecule has 30 heavy (non-hydrogen) atoms. The Kier molecular flexibility index (Phi) is 5.83. The lowest BCUT2D eigenvalue weighted by Gasteiger charge is -2.25. The fourth-order valence-electron chi connectivity index (χ4n) is 3.78. The van der Waals surface area contributed by atoms with Gasteiger partial charge in [-0.2, -0.15) is 0 Å². The number of nitrogens with zero attached hydrogens (tertiary/aromatic N) is 4. The van der Waals surface area contributed by atoms with E-state index in [9.17, 15) is 9.59 Å². The van der Waals surface area contributed by atoms with Gasteiger partial charge < -0.3 is 19.9 Å². The number of carbonyl (C=O) groups excluding carboxylic acids is 2. The number of methoxy groups -OCH3 is 1. The quantitative estimate of drug-likeness (QED) is 0.754. The van der Waals surface area contributed by atoms with Crippen molar-refractivity contribution in [2.75, 3.05) is 32.6 Å². The van der Waals surface area contributed by atoms with Gasteiger partial charge in [-0.3, -0.25) is 14.6 Å². The fraction of sp³-hybridized carbons (Fsp3) is 0.455. The summed E-state index contributed by atoms with van der Waals surface area (Å²) in [5, 5.41) is 3.22. The summed E-state index contributed by atoms with van der Waals surface area (Å²) < 4.78 is 5.32. The number of hydrogen-bond acceptors (Lipinski definition) is 6. The molecule has 2 aromatic heterocycles. The van der Waals surface area contributed by atoms with Gasteiger partial charge in [-0.25, -0.2) is 4.98 Å². The minimum Gasteiger partial charge on any atom is -0.496 e. The molecule has 1 aliphatic carbocycles. The van der Waals surface area contributed by atoms with Crippen LogP contribution in [0.1, 0.15) is 35.2 Å². The number of nitrogens with one attached hydrogen (secondary N) is 1. The molecule has 0 unspecified atom stereocenters. The topological polar surface area (TPSA) is 87.7 Å². The Labute approximate surface area is 176 Å². The average molecular weight is 409 g/mol. The van der Waals surface area contributed by atoms with Gasteiger partial charge in [0.1, 0.15) is 11.6 Å². The highest BCUT2D eigenvalue weighted by Gasteiger charge is 2.37. The standard InChI is InChI=1S/C22H27N5O3/c1-26(21(28)15-3-4-15)18-8-10-27(14-18)22(29)16-5-6-20(24-12-16)25-13-17-11-23-9-7-19(17)30-2/h5-7,9,11-12,15,18H,3-4,8,10,13-14H2,1-2H3,(H,24,25)/t18-/m0/s1. The van der Waals surface area contributed by atoms with Gasteiger partial charge in [0.15, 0.2) is 0 Å². The predicted molar refractivity (Wildman–Crippen MR) is 112 cm³/mol. The van der Waals surface area contributed by atoms with Gasteiger partial charge in [0.2, 0.25) is 5.91 Å². The van der Waals surface area contributed by atoms with Crippen molar-refractivity contribution in [3.63, 3.8) is 0 Å². The zero-order valence-corrected chi connectivity index (χ0v) is 17.4. The van der Waals surface area contributed by atoms with Gasteiger partial charge in [0, 0.05) is 56.8 Å². The molecule has 0 aromatic carbocycles. The van der Waals surface area contributed by atoms with Gasteiger partial charge in [-0.1, -0.05) is 0 Å². The largest absolute Gasteiger partial charge is 0.496 e. The molecule has 3 heterocycles.